The van der Waals surface area contributed by atoms with Crippen molar-refractivity contribution in [2.75, 3.05) is 48.2 Å². The van der Waals surface area contributed by atoms with E-state index in [0.717, 1.165) is 48.6 Å². The number of likely N-dealkylation sites (N-methyl/N-ethyl adjacent to an activating group) is 1. The summed E-state index contributed by atoms with van der Waals surface area (Å²) in [5, 5.41) is 4.58. The molecule has 0 unspecified atom stereocenters. The predicted molar refractivity (Wildman–Crippen MR) is 145 cm³/mol. The lowest BCUT2D eigenvalue weighted by Crippen LogP contribution is -2.44. The van der Waals surface area contributed by atoms with E-state index in [2.05, 4.69) is 51.8 Å². The van der Waals surface area contributed by atoms with Crippen LogP contribution in [0.3, 0.4) is 0 Å². The van der Waals surface area contributed by atoms with Crippen molar-refractivity contribution >= 4 is 46.0 Å². The fraction of sp³-hybridized carbons (Fsp3) is 0.308. The van der Waals surface area contributed by atoms with E-state index < -0.39 is 0 Å². The smallest absolute Gasteiger partial charge is 0.229 e. The Labute approximate surface area is 209 Å². The number of nitrogens with zero attached hydrogens (tertiary/aromatic N) is 5. The first-order chi connectivity index (χ1) is 17.0. The van der Waals surface area contributed by atoms with Crippen LogP contribution in [0.15, 0.2) is 60.9 Å². The van der Waals surface area contributed by atoms with E-state index in [-0.39, 0.29) is 5.82 Å². The summed E-state index contributed by atoms with van der Waals surface area (Å²) < 4.78 is 20.3. The highest BCUT2D eigenvalue weighted by atomic mass is 32.2. The Morgan fingerprint density at radius 3 is 2.60 bits per heavy atom. The molecule has 0 bridgehead atoms. The lowest BCUT2D eigenvalue weighted by atomic mass is 10.2. The van der Waals surface area contributed by atoms with E-state index in [1.165, 1.54) is 6.07 Å². The van der Waals surface area contributed by atoms with Gasteiger partial charge in [-0.15, -0.1) is 0 Å². The molecule has 1 fully saturated rings. The molecule has 35 heavy (non-hydrogen) atoms. The summed E-state index contributed by atoms with van der Waals surface area (Å²) in [4.78, 5) is 13.5. The highest BCUT2D eigenvalue weighted by molar-refractivity contribution is 8.01. The van der Waals surface area contributed by atoms with Gasteiger partial charge in [-0.3, -0.25) is 0 Å². The molecule has 9 heteroatoms. The summed E-state index contributed by atoms with van der Waals surface area (Å²) in [6, 6.07) is 15.4. The minimum Gasteiger partial charge on any atom is -0.367 e. The molecule has 4 aromatic rings. The van der Waals surface area contributed by atoms with Gasteiger partial charge in [-0.1, -0.05) is 19.9 Å². The summed E-state index contributed by atoms with van der Waals surface area (Å²) in [5.41, 5.74) is 4.08. The molecule has 5 rings (SSSR count). The molecule has 1 aliphatic heterocycles. The zero-order valence-corrected chi connectivity index (χ0v) is 21.0. The number of hydrogen-bond donors (Lipinski definition) is 2. The van der Waals surface area contributed by atoms with E-state index in [4.69, 9.17) is 4.98 Å². The molecule has 182 valence electrons. The first-order valence-electron chi connectivity index (χ1n) is 11.8. The molecule has 0 aliphatic carbocycles. The number of rotatable bonds is 7. The van der Waals surface area contributed by atoms with E-state index >= 15 is 0 Å². The molecule has 0 spiro atoms. The van der Waals surface area contributed by atoms with Gasteiger partial charge < -0.3 is 24.4 Å². The van der Waals surface area contributed by atoms with Crippen LogP contribution in [0.25, 0.3) is 16.7 Å². The van der Waals surface area contributed by atoms with Gasteiger partial charge in [0.15, 0.2) is 0 Å². The summed E-state index contributed by atoms with van der Waals surface area (Å²) in [7, 11) is 2.09. The van der Waals surface area contributed by atoms with Gasteiger partial charge in [-0.05, 0) is 61.5 Å². The molecule has 0 atom stereocenters. The minimum atomic E-state index is -0.243. The number of halogens is 1. The van der Waals surface area contributed by atoms with Crippen LogP contribution < -0.4 is 14.9 Å². The van der Waals surface area contributed by atoms with Gasteiger partial charge >= 0.3 is 0 Å². The van der Waals surface area contributed by atoms with Gasteiger partial charge in [-0.2, -0.15) is 4.98 Å². The van der Waals surface area contributed by atoms with Crippen LogP contribution in [0.2, 0.25) is 0 Å². The molecule has 2 aromatic heterocycles. The van der Waals surface area contributed by atoms with E-state index in [1.54, 1.807) is 18.1 Å². The Morgan fingerprint density at radius 2 is 1.83 bits per heavy atom. The Kier molecular flexibility index (Phi) is 6.79. The van der Waals surface area contributed by atoms with Crippen LogP contribution in [0.4, 0.5) is 27.4 Å². The monoisotopic (exact) mass is 491 g/mol. The summed E-state index contributed by atoms with van der Waals surface area (Å²) >= 11 is 1.68. The first kappa shape index (κ1) is 23.4. The molecule has 0 amide bonds. The summed E-state index contributed by atoms with van der Waals surface area (Å²) in [5.74, 6) is 0.182. The second-order valence-corrected chi connectivity index (χ2v) is 10.4. The van der Waals surface area contributed by atoms with E-state index in [9.17, 15) is 4.39 Å². The van der Waals surface area contributed by atoms with Crippen LogP contribution in [0, 0.1) is 5.82 Å². The van der Waals surface area contributed by atoms with Gasteiger partial charge in [0.1, 0.15) is 11.5 Å². The van der Waals surface area contributed by atoms with Gasteiger partial charge in [-0.25, -0.2) is 9.37 Å². The third-order valence-electron chi connectivity index (χ3n) is 6.01. The van der Waals surface area contributed by atoms with Crippen molar-refractivity contribution in [3.8, 4) is 5.69 Å². The minimum absolute atomic E-state index is 0.243. The third kappa shape index (κ3) is 5.36. The lowest BCUT2D eigenvalue weighted by molar-refractivity contribution is 0.311. The fourth-order valence-corrected chi connectivity index (χ4v) is 4.61. The maximum atomic E-state index is 14.9. The Morgan fingerprint density at radius 1 is 1.00 bits per heavy atom. The van der Waals surface area contributed by atoms with Crippen molar-refractivity contribution in [1.29, 1.82) is 0 Å². The van der Waals surface area contributed by atoms with Gasteiger partial charge in [0, 0.05) is 66.3 Å². The van der Waals surface area contributed by atoms with Crippen LogP contribution in [0.1, 0.15) is 13.8 Å². The topological polar surface area (TPSA) is 61.3 Å². The Balaban J connectivity index is 1.37. The molecule has 2 aromatic carbocycles. The third-order valence-corrected chi connectivity index (χ3v) is 6.84. The van der Waals surface area contributed by atoms with E-state index in [0.29, 0.717) is 22.6 Å². The van der Waals surface area contributed by atoms with Crippen molar-refractivity contribution in [3.63, 3.8) is 0 Å². The average Bonchev–Trinajstić information content (AvgIpc) is 3.27. The summed E-state index contributed by atoms with van der Waals surface area (Å²) in [6.45, 7) is 7.81. The quantitative estimate of drug-likeness (QED) is 0.330. The van der Waals surface area contributed by atoms with Gasteiger partial charge in [0.25, 0.3) is 0 Å². The normalized spacial score (nSPS) is 14.6. The average molecular weight is 492 g/mol. The molecule has 0 radical (unpaired) electrons. The molecule has 0 saturated carbocycles. The number of nitrogens with one attached hydrogen (secondary N) is 2. The predicted octanol–water partition coefficient (Wildman–Crippen LogP) is 5.52. The second kappa shape index (κ2) is 10.1. The number of aromatic nitrogens is 3. The van der Waals surface area contributed by atoms with Crippen LogP contribution >= 0.6 is 11.9 Å². The number of piperazine rings is 1. The first-order valence-corrected chi connectivity index (χ1v) is 12.7. The second-order valence-electron chi connectivity index (χ2n) is 9.06. The number of benzene rings is 2. The zero-order chi connectivity index (χ0) is 24.4. The lowest BCUT2D eigenvalue weighted by Gasteiger charge is -2.34. The Bertz CT molecular complexity index is 1310. The van der Waals surface area contributed by atoms with Gasteiger partial charge in [0.2, 0.25) is 5.95 Å². The zero-order valence-electron chi connectivity index (χ0n) is 20.2. The Hall–Kier alpha value is -3.30. The maximum Gasteiger partial charge on any atom is 0.229 e. The highest BCUT2D eigenvalue weighted by Gasteiger charge is 2.18. The van der Waals surface area contributed by atoms with Crippen molar-refractivity contribution < 1.29 is 4.39 Å². The molecule has 1 saturated heterocycles. The largest absolute Gasteiger partial charge is 0.367 e. The van der Waals surface area contributed by atoms with Crippen molar-refractivity contribution in [3.05, 3.63) is 66.7 Å². The van der Waals surface area contributed by atoms with Crippen molar-refractivity contribution in [2.45, 2.75) is 19.1 Å². The number of hydrogen-bond acceptors (Lipinski definition) is 7. The number of anilines is 4. The molecule has 1 aliphatic rings. The molecular formula is C26H30FN7S. The maximum absolute atomic E-state index is 14.9. The summed E-state index contributed by atoms with van der Waals surface area (Å²) in [6.07, 6.45) is 3.77. The fourth-order valence-electron chi connectivity index (χ4n) is 4.11. The SMILES string of the molecule is CC(C)SNc1cccc(-n2ccc3cnc(Nc4ccc(N5CCN(C)CC5)c(F)c4)nc32)c1. The van der Waals surface area contributed by atoms with Crippen molar-refractivity contribution in [2.24, 2.45) is 0 Å². The molecule has 3 heterocycles. The van der Waals surface area contributed by atoms with Gasteiger partial charge in [0.05, 0.1) is 5.69 Å². The van der Waals surface area contributed by atoms with Crippen molar-refractivity contribution in [1.82, 2.24) is 19.4 Å². The van der Waals surface area contributed by atoms with Crippen LogP contribution in [0.5, 0.6) is 0 Å². The molecule has 7 nitrogen and oxygen atoms in total. The van der Waals surface area contributed by atoms with E-state index in [1.807, 2.05) is 47.2 Å². The standard InChI is InChI=1S/C26H30FN7S/c1-18(2)35-31-21-5-4-6-22(15-21)34-10-9-19-17-28-26(30-25(19)34)29-20-7-8-24(23(27)16-20)33-13-11-32(3)12-14-33/h4-10,15-18,31H,11-14H2,1-3H3,(H,28,29,30). The molecular weight excluding hydrogens is 461 g/mol. The number of fused-ring (bicyclic) bond motifs is 1. The molecule has 2 N–H and O–H groups in total. The highest BCUT2D eigenvalue weighted by Crippen LogP contribution is 2.27. The van der Waals surface area contributed by atoms with Crippen LogP contribution in [-0.2, 0) is 0 Å². The van der Waals surface area contributed by atoms with Crippen LogP contribution in [-0.4, -0.2) is 57.9 Å².